The number of nitrogens with zero attached hydrogens (tertiary/aromatic N) is 2. The van der Waals surface area contributed by atoms with Crippen LogP contribution in [0.1, 0.15) is 67.4 Å². The second-order valence-electron chi connectivity index (χ2n) is 10.3. The molecule has 39 heavy (non-hydrogen) atoms. The van der Waals surface area contributed by atoms with Crippen LogP contribution >= 0.6 is 0 Å². The Morgan fingerprint density at radius 1 is 1.05 bits per heavy atom. The normalized spacial score (nSPS) is 18.0. The number of hydrogen-bond acceptors (Lipinski definition) is 8. The van der Waals surface area contributed by atoms with Gasteiger partial charge in [-0.2, -0.15) is 0 Å². The molecule has 3 aliphatic rings. The van der Waals surface area contributed by atoms with Crippen molar-refractivity contribution in [1.82, 2.24) is 15.1 Å². The van der Waals surface area contributed by atoms with E-state index in [2.05, 4.69) is 10.6 Å². The van der Waals surface area contributed by atoms with Crippen molar-refractivity contribution in [3.8, 4) is 17.2 Å². The molecule has 3 amide bonds. The van der Waals surface area contributed by atoms with E-state index in [1.165, 1.54) is 15.9 Å². The summed E-state index contributed by atoms with van der Waals surface area (Å²) in [7, 11) is 3.18. The van der Waals surface area contributed by atoms with Crippen molar-refractivity contribution in [1.29, 1.82) is 0 Å². The van der Waals surface area contributed by atoms with Gasteiger partial charge in [-0.05, 0) is 49.1 Å². The minimum Gasteiger partial charge on any atom is -0.505 e. The molecular weight excluding hydrogens is 500 g/mol. The first-order chi connectivity index (χ1) is 18.8. The molecule has 1 fully saturated rings. The zero-order chi connectivity index (χ0) is 27.7. The number of fused-ring (bicyclic) bond motifs is 1. The topological polar surface area (TPSA) is 120 Å². The summed E-state index contributed by atoms with van der Waals surface area (Å²) in [5.74, 6) is -0.220. The number of benzene rings is 2. The molecule has 2 heterocycles. The highest BCUT2D eigenvalue weighted by atomic mass is 16.7. The van der Waals surface area contributed by atoms with Crippen LogP contribution in [0.25, 0.3) is 0 Å². The summed E-state index contributed by atoms with van der Waals surface area (Å²) in [5.41, 5.74) is 1.33. The average Bonchev–Trinajstić information content (AvgIpc) is 3.50. The van der Waals surface area contributed by atoms with Crippen molar-refractivity contribution < 1.29 is 29.0 Å². The van der Waals surface area contributed by atoms with Crippen molar-refractivity contribution in [3.63, 3.8) is 0 Å². The second-order valence-corrected chi connectivity index (χ2v) is 10.3. The number of para-hydroxylation sites is 1. The Morgan fingerprint density at radius 3 is 2.49 bits per heavy atom. The Balaban J connectivity index is 1.51. The zero-order valence-corrected chi connectivity index (χ0v) is 22.5. The SMILES string of the molecule is CC[C@@H](NC1=C(Nc2cccc(C(=O)N(C)C)c2O)C(=O)N(C2CCCCC2)C1=O)c1ccc2c(c1)OCO2. The standard InChI is InChI=1S/C29H34N4O6/c1-4-20(17-13-14-22-23(15-17)39-16-38-22)30-24-25(29(37)33(28(24)36)18-9-6-5-7-10-18)31-21-12-8-11-19(26(21)34)27(35)32(2)3/h8,11-15,18,20,30-31,34H,4-7,9-10,16H2,1-3H3/t20-/m1/s1. The predicted molar refractivity (Wildman–Crippen MR) is 144 cm³/mol. The van der Waals surface area contributed by atoms with Crippen molar-refractivity contribution in [2.45, 2.75) is 57.5 Å². The summed E-state index contributed by atoms with van der Waals surface area (Å²) in [6, 6.07) is 9.83. The van der Waals surface area contributed by atoms with Gasteiger partial charge < -0.3 is 30.1 Å². The summed E-state index contributed by atoms with van der Waals surface area (Å²) >= 11 is 0. The third-order valence-corrected chi connectivity index (χ3v) is 7.51. The van der Waals surface area contributed by atoms with Gasteiger partial charge in [0.05, 0.1) is 17.3 Å². The number of carbonyl (C=O) groups excluding carboxylic acids is 3. The Bertz CT molecular complexity index is 1330. The van der Waals surface area contributed by atoms with Crippen molar-refractivity contribution in [2.24, 2.45) is 0 Å². The van der Waals surface area contributed by atoms with Crippen molar-refractivity contribution in [3.05, 3.63) is 58.9 Å². The molecule has 1 atom stereocenters. The van der Waals surface area contributed by atoms with Gasteiger partial charge in [0.25, 0.3) is 17.7 Å². The smallest absolute Gasteiger partial charge is 0.279 e. The van der Waals surface area contributed by atoms with Crippen LogP contribution in [0.3, 0.4) is 0 Å². The van der Waals surface area contributed by atoms with Crippen LogP contribution < -0.4 is 20.1 Å². The second kappa shape index (κ2) is 10.9. The molecule has 10 heteroatoms. The molecule has 0 spiro atoms. The van der Waals surface area contributed by atoms with Gasteiger partial charge in [0.15, 0.2) is 17.2 Å². The lowest BCUT2D eigenvalue weighted by molar-refractivity contribution is -0.141. The van der Waals surface area contributed by atoms with Gasteiger partial charge >= 0.3 is 0 Å². The maximum absolute atomic E-state index is 13.8. The number of hydrogen-bond donors (Lipinski definition) is 3. The van der Waals surface area contributed by atoms with Crippen LogP contribution in [0.15, 0.2) is 47.8 Å². The average molecular weight is 535 g/mol. The van der Waals surface area contributed by atoms with Crippen LogP contribution in [-0.4, -0.2) is 59.6 Å². The molecule has 0 unspecified atom stereocenters. The molecule has 0 radical (unpaired) electrons. The molecule has 2 aliphatic heterocycles. The predicted octanol–water partition coefficient (Wildman–Crippen LogP) is 3.89. The number of phenols is 1. The van der Waals surface area contributed by atoms with Gasteiger partial charge in [-0.15, -0.1) is 0 Å². The molecule has 3 N–H and O–H groups in total. The van der Waals surface area contributed by atoms with Gasteiger partial charge in [-0.25, -0.2) is 0 Å². The number of ether oxygens (including phenoxy) is 2. The molecule has 1 saturated carbocycles. The number of anilines is 1. The first kappa shape index (κ1) is 26.4. The van der Waals surface area contributed by atoms with E-state index in [1.807, 2.05) is 25.1 Å². The minimum absolute atomic E-state index is 0.0505. The Kier molecular flexibility index (Phi) is 7.36. The van der Waals surface area contributed by atoms with E-state index < -0.39 is 11.8 Å². The van der Waals surface area contributed by atoms with Crippen LogP contribution in [-0.2, 0) is 9.59 Å². The van der Waals surface area contributed by atoms with Gasteiger partial charge in [0.1, 0.15) is 11.4 Å². The lowest BCUT2D eigenvalue weighted by Crippen LogP contribution is -2.43. The minimum atomic E-state index is -0.446. The highest BCUT2D eigenvalue weighted by molar-refractivity contribution is 6.20. The quantitative estimate of drug-likeness (QED) is 0.345. The maximum atomic E-state index is 13.8. The monoisotopic (exact) mass is 534 g/mol. The summed E-state index contributed by atoms with van der Waals surface area (Å²) in [6.45, 7) is 2.14. The van der Waals surface area contributed by atoms with Crippen molar-refractivity contribution >= 4 is 23.4 Å². The number of nitrogens with one attached hydrogen (secondary N) is 2. The molecule has 5 rings (SSSR count). The summed E-state index contributed by atoms with van der Waals surface area (Å²) in [4.78, 5) is 42.9. The van der Waals surface area contributed by atoms with Crippen molar-refractivity contribution in [2.75, 3.05) is 26.2 Å². The van der Waals surface area contributed by atoms with Crippen LogP contribution in [0.2, 0.25) is 0 Å². The van der Waals surface area contributed by atoms with Crippen LogP contribution in [0, 0.1) is 0 Å². The van der Waals surface area contributed by atoms with E-state index in [9.17, 15) is 19.5 Å². The maximum Gasteiger partial charge on any atom is 0.279 e. The van der Waals surface area contributed by atoms with E-state index in [4.69, 9.17) is 9.47 Å². The third kappa shape index (κ3) is 4.98. The van der Waals surface area contributed by atoms with E-state index >= 15 is 0 Å². The zero-order valence-electron chi connectivity index (χ0n) is 22.5. The number of carbonyl (C=O) groups is 3. The van der Waals surface area contributed by atoms with E-state index in [-0.39, 0.29) is 53.2 Å². The molecule has 2 aromatic rings. The number of imide groups is 1. The lowest BCUT2D eigenvalue weighted by atomic mass is 9.94. The Hall–Kier alpha value is -4.21. The fraction of sp³-hybridized carbons (Fsp3) is 0.414. The fourth-order valence-electron chi connectivity index (χ4n) is 5.39. The highest BCUT2D eigenvalue weighted by Crippen LogP contribution is 2.37. The van der Waals surface area contributed by atoms with E-state index in [1.54, 1.807) is 26.2 Å². The first-order valence-electron chi connectivity index (χ1n) is 13.4. The third-order valence-electron chi connectivity index (χ3n) is 7.51. The van der Waals surface area contributed by atoms with Gasteiger partial charge in [-0.3, -0.25) is 19.3 Å². The summed E-state index contributed by atoms with van der Waals surface area (Å²) < 4.78 is 11.0. The molecule has 206 valence electrons. The molecule has 0 aromatic heterocycles. The molecule has 2 aromatic carbocycles. The fourth-order valence-corrected chi connectivity index (χ4v) is 5.39. The number of aromatic hydroxyl groups is 1. The highest BCUT2D eigenvalue weighted by Gasteiger charge is 2.43. The number of rotatable bonds is 8. The molecule has 10 nitrogen and oxygen atoms in total. The van der Waals surface area contributed by atoms with E-state index in [0.29, 0.717) is 17.9 Å². The van der Waals surface area contributed by atoms with Gasteiger partial charge in [0, 0.05) is 20.1 Å². The Morgan fingerprint density at radius 2 is 1.77 bits per heavy atom. The largest absolute Gasteiger partial charge is 0.505 e. The number of amides is 3. The molecule has 1 aliphatic carbocycles. The summed E-state index contributed by atoms with van der Waals surface area (Å²) in [6.07, 6.45) is 5.14. The first-order valence-corrected chi connectivity index (χ1v) is 13.4. The Labute approximate surface area is 227 Å². The van der Waals surface area contributed by atoms with Crippen LogP contribution in [0.4, 0.5) is 5.69 Å². The van der Waals surface area contributed by atoms with E-state index in [0.717, 1.165) is 37.7 Å². The number of phenolic OH excluding ortho intramolecular Hbond substituents is 1. The van der Waals surface area contributed by atoms with Crippen LogP contribution in [0.5, 0.6) is 17.2 Å². The lowest BCUT2D eigenvalue weighted by Gasteiger charge is -2.30. The van der Waals surface area contributed by atoms with Gasteiger partial charge in [0.2, 0.25) is 6.79 Å². The molecule has 0 saturated heterocycles. The molecular formula is C29H34N4O6. The summed E-state index contributed by atoms with van der Waals surface area (Å²) in [5, 5.41) is 17.3. The van der Waals surface area contributed by atoms with Gasteiger partial charge in [-0.1, -0.05) is 38.3 Å². The molecule has 0 bridgehead atoms.